The molecule has 1 aliphatic rings. The number of hydrogen-bond donors (Lipinski definition) is 2. The van der Waals surface area contributed by atoms with Crippen LogP contribution in [0.1, 0.15) is 5.76 Å². The van der Waals surface area contributed by atoms with Gasteiger partial charge in [0.2, 0.25) is 5.88 Å². The smallest absolute Gasteiger partial charge is 0.339 e. The number of urea groups is 1. The van der Waals surface area contributed by atoms with E-state index in [-0.39, 0.29) is 0 Å². The fraction of sp³-hybridized carbons (Fsp3) is 0.250. The van der Waals surface area contributed by atoms with E-state index in [1.165, 1.54) is 6.21 Å². The van der Waals surface area contributed by atoms with Crippen molar-refractivity contribution in [1.82, 2.24) is 5.43 Å². The number of para-hydroxylation sites is 1. The summed E-state index contributed by atoms with van der Waals surface area (Å²) in [5, 5.41) is 6.56. The topological polar surface area (TPSA) is 79.1 Å². The minimum absolute atomic E-state index is 0.420. The minimum atomic E-state index is -0.420. The van der Waals surface area contributed by atoms with Crippen molar-refractivity contribution in [1.29, 1.82) is 0 Å². The molecule has 1 aromatic heterocycles. The van der Waals surface area contributed by atoms with Crippen molar-refractivity contribution in [2.75, 3.05) is 36.5 Å². The monoisotopic (exact) mass is 392 g/mol. The van der Waals surface area contributed by atoms with E-state index < -0.39 is 6.03 Å². The van der Waals surface area contributed by atoms with Gasteiger partial charge < -0.3 is 19.4 Å². The Morgan fingerprint density at radius 2 is 2.00 bits per heavy atom. The maximum atomic E-state index is 11.7. The summed E-state index contributed by atoms with van der Waals surface area (Å²) >= 11 is 3.48. The van der Waals surface area contributed by atoms with Crippen LogP contribution in [0, 0.1) is 0 Å². The number of nitrogens with one attached hydrogen (secondary N) is 2. The molecule has 0 atom stereocenters. The van der Waals surface area contributed by atoms with E-state index in [0.717, 1.165) is 23.4 Å². The van der Waals surface area contributed by atoms with Gasteiger partial charge in [-0.25, -0.2) is 10.2 Å². The molecule has 1 saturated heterocycles. The number of halogens is 1. The van der Waals surface area contributed by atoms with Gasteiger partial charge in [-0.2, -0.15) is 5.10 Å². The molecule has 24 heavy (non-hydrogen) atoms. The van der Waals surface area contributed by atoms with Gasteiger partial charge in [-0.1, -0.05) is 18.2 Å². The Balaban J connectivity index is 1.55. The van der Waals surface area contributed by atoms with Crippen LogP contribution in [0.2, 0.25) is 0 Å². The number of carbonyl (C=O) groups excluding carboxylic acids is 1. The molecule has 1 aliphatic heterocycles. The van der Waals surface area contributed by atoms with Crippen LogP contribution < -0.4 is 15.6 Å². The zero-order valence-electron chi connectivity index (χ0n) is 12.9. The van der Waals surface area contributed by atoms with Crippen LogP contribution in [0.3, 0.4) is 0 Å². The molecule has 1 fully saturated rings. The Bertz CT molecular complexity index is 711. The molecule has 0 radical (unpaired) electrons. The summed E-state index contributed by atoms with van der Waals surface area (Å²) in [6.07, 6.45) is 1.46. The quantitative estimate of drug-likeness (QED) is 0.618. The average molecular weight is 393 g/mol. The Kier molecular flexibility index (Phi) is 5.50. The number of hydrazone groups is 1. The Morgan fingerprint density at radius 3 is 2.75 bits per heavy atom. The van der Waals surface area contributed by atoms with Crippen molar-refractivity contribution in [2.45, 2.75) is 0 Å². The third-order valence-electron chi connectivity index (χ3n) is 3.38. The van der Waals surface area contributed by atoms with Gasteiger partial charge in [0.25, 0.3) is 0 Å². The number of amides is 2. The molecule has 2 heterocycles. The molecule has 0 bridgehead atoms. The molecule has 0 aliphatic carbocycles. The van der Waals surface area contributed by atoms with Gasteiger partial charge in [0.05, 0.1) is 23.9 Å². The first-order valence-electron chi connectivity index (χ1n) is 7.49. The molecule has 8 heteroatoms. The average Bonchev–Trinajstić information content (AvgIpc) is 2.97. The van der Waals surface area contributed by atoms with E-state index in [4.69, 9.17) is 9.15 Å². The van der Waals surface area contributed by atoms with Gasteiger partial charge in [0.1, 0.15) is 0 Å². The molecule has 2 amide bonds. The second-order valence-electron chi connectivity index (χ2n) is 5.09. The SMILES string of the molecule is O=C(N/N=C/c1cc(Br)c(N2CCOCC2)o1)Nc1ccccc1. The van der Waals surface area contributed by atoms with Crippen LogP contribution in [0.4, 0.5) is 16.4 Å². The maximum absolute atomic E-state index is 11.7. The zero-order valence-corrected chi connectivity index (χ0v) is 14.5. The summed E-state index contributed by atoms with van der Waals surface area (Å²) in [6, 6.07) is 10.5. The van der Waals surface area contributed by atoms with Crippen molar-refractivity contribution < 1.29 is 13.9 Å². The molecule has 0 saturated carbocycles. The highest BCUT2D eigenvalue weighted by Gasteiger charge is 2.18. The van der Waals surface area contributed by atoms with Crippen LogP contribution in [0.5, 0.6) is 0 Å². The summed E-state index contributed by atoms with van der Waals surface area (Å²) < 4.78 is 11.9. The van der Waals surface area contributed by atoms with E-state index in [9.17, 15) is 4.79 Å². The zero-order chi connectivity index (χ0) is 16.8. The lowest BCUT2D eigenvalue weighted by Crippen LogP contribution is -2.36. The summed E-state index contributed by atoms with van der Waals surface area (Å²) in [6.45, 7) is 2.91. The Hall–Kier alpha value is -2.32. The molecule has 7 nitrogen and oxygen atoms in total. The number of benzene rings is 1. The molecule has 2 N–H and O–H groups in total. The number of ether oxygens (including phenoxy) is 1. The van der Waals surface area contributed by atoms with Gasteiger partial charge in [0, 0.05) is 24.8 Å². The second kappa shape index (κ2) is 7.98. The fourth-order valence-electron chi connectivity index (χ4n) is 2.26. The van der Waals surface area contributed by atoms with Gasteiger partial charge >= 0.3 is 6.03 Å². The third kappa shape index (κ3) is 4.36. The molecular formula is C16H17BrN4O3. The maximum Gasteiger partial charge on any atom is 0.339 e. The molecule has 1 aromatic carbocycles. The van der Waals surface area contributed by atoms with E-state index in [0.29, 0.717) is 24.7 Å². The van der Waals surface area contributed by atoms with Crippen molar-refractivity contribution in [3.63, 3.8) is 0 Å². The Morgan fingerprint density at radius 1 is 1.25 bits per heavy atom. The van der Waals surface area contributed by atoms with Crippen LogP contribution in [-0.2, 0) is 4.74 Å². The van der Waals surface area contributed by atoms with Crippen molar-refractivity contribution >= 4 is 39.7 Å². The fourth-order valence-corrected chi connectivity index (χ4v) is 2.81. The highest BCUT2D eigenvalue weighted by Crippen LogP contribution is 2.30. The molecular weight excluding hydrogens is 376 g/mol. The largest absolute Gasteiger partial charge is 0.438 e. The second-order valence-corrected chi connectivity index (χ2v) is 5.95. The van der Waals surface area contributed by atoms with Crippen LogP contribution in [0.15, 0.2) is 50.4 Å². The number of morpholine rings is 1. The number of rotatable bonds is 4. The van der Waals surface area contributed by atoms with Gasteiger partial charge in [0.15, 0.2) is 5.76 Å². The lowest BCUT2D eigenvalue weighted by Gasteiger charge is -2.26. The molecule has 0 spiro atoms. The number of hydrogen-bond acceptors (Lipinski definition) is 5. The summed E-state index contributed by atoms with van der Waals surface area (Å²) in [4.78, 5) is 13.8. The summed E-state index contributed by atoms with van der Waals surface area (Å²) in [7, 11) is 0. The first-order chi connectivity index (χ1) is 11.7. The molecule has 2 aromatic rings. The first-order valence-corrected chi connectivity index (χ1v) is 8.29. The first kappa shape index (κ1) is 16.5. The van der Waals surface area contributed by atoms with Crippen LogP contribution >= 0.6 is 15.9 Å². The molecule has 3 rings (SSSR count). The number of furan rings is 1. The Labute approximate surface area is 147 Å². The van der Waals surface area contributed by atoms with E-state index >= 15 is 0 Å². The predicted molar refractivity (Wildman–Crippen MR) is 95.6 cm³/mol. The molecule has 0 unspecified atom stereocenters. The normalized spacial score (nSPS) is 14.8. The van der Waals surface area contributed by atoms with Crippen LogP contribution in [-0.4, -0.2) is 38.5 Å². The molecule has 126 valence electrons. The van der Waals surface area contributed by atoms with E-state index in [2.05, 4.69) is 36.7 Å². The van der Waals surface area contributed by atoms with Crippen molar-refractivity contribution in [2.24, 2.45) is 5.10 Å². The highest BCUT2D eigenvalue weighted by molar-refractivity contribution is 9.10. The van der Waals surface area contributed by atoms with Gasteiger partial charge in [-0.3, -0.25) is 0 Å². The number of anilines is 2. The highest BCUT2D eigenvalue weighted by atomic mass is 79.9. The van der Waals surface area contributed by atoms with Gasteiger partial charge in [-0.05, 0) is 28.1 Å². The van der Waals surface area contributed by atoms with E-state index in [1.807, 2.05) is 24.3 Å². The minimum Gasteiger partial charge on any atom is -0.438 e. The van der Waals surface area contributed by atoms with Crippen LogP contribution in [0.25, 0.3) is 0 Å². The number of carbonyl (C=O) groups is 1. The predicted octanol–water partition coefficient (Wildman–Crippen LogP) is 3.03. The summed E-state index contributed by atoms with van der Waals surface area (Å²) in [5.41, 5.74) is 3.09. The number of nitrogens with zero attached hydrogens (tertiary/aromatic N) is 2. The summed E-state index contributed by atoms with van der Waals surface area (Å²) in [5.74, 6) is 1.29. The van der Waals surface area contributed by atoms with Gasteiger partial charge in [-0.15, -0.1) is 0 Å². The lowest BCUT2D eigenvalue weighted by molar-refractivity contribution is 0.120. The van der Waals surface area contributed by atoms with Crippen molar-refractivity contribution in [3.05, 3.63) is 46.6 Å². The lowest BCUT2D eigenvalue weighted by atomic mass is 10.3. The van der Waals surface area contributed by atoms with Crippen molar-refractivity contribution in [3.8, 4) is 0 Å². The standard InChI is InChI=1S/C16H17BrN4O3/c17-14-10-13(24-15(14)21-6-8-23-9-7-21)11-18-20-16(22)19-12-4-2-1-3-5-12/h1-5,10-11H,6-9H2,(H2,19,20,22)/b18-11+. The van der Waals surface area contributed by atoms with E-state index in [1.54, 1.807) is 12.1 Å². The third-order valence-corrected chi connectivity index (χ3v) is 3.94.